The molecular weight excluding hydrogens is 578 g/mol. The number of anilines is 4. The Labute approximate surface area is 270 Å². The van der Waals surface area contributed by atoms with E-state index in [0.29, 0.717) is 54.4 Å². The van der Waals surface area contributed by atoms with Crippen molar-refractivity contribution in [1.29, 1.82) is 0 Å². The van der Waals surface area contributed by atoms with E-state index in [1.807, 2.05) is 101 Å². The molecule has 238 valence electrons. The fourth-order valence-electron chi connectivity index (χ4n) is 5.35. The predicted molar refractivity (Wildman–Crippen MR) is 185 cm³/mol. The second-order valence-corrected chi connectivity index (χ2v) is 12.6. The van der Waals surface area contributed by atoms with Gasteiger partial charge in [-0.25, -0.2) is 4.79 Å². The van der Waals surface area contributed by atoms with Crippen LogP contribution in [0.2, 0.25) is 0 Å². The van der Waals surface area contributed by atoms with Gasteiger partial charge in [0.1, 0.15) is 5.60 Å². The van der Waals surface area contributed by atoms with Gasteiger partial charge in [-0.15, -0.1) is 0 Å². The van der Waals surface area contributed by atoms with Crippen LogP contribution in [0.3, 0.4) is 0 Å². The molecule has 46 heavy (non-hydrogen) atoms. The number of carbonyl (C=O) groups excluding carboxylic acids is 3. The highest BCUT2D eigenvalue weighted by Crippen LogP contribution is 2.35. The molecule has 9 nitrogen and oxygen atoms in total. The molecule has 4 aromatic carbocycles. The number of para-hydroxylation sites is 2. The molecule has 0 saturated carbocycles. The first-order valence-electron chi connectivity index (χ1n) is 15.4. The molecule has 5 rings (SSSR count). The average molecular weight is 620 g/mol. The number of aryl methyl sites for hydroxylation is 2. The van der Waals surface area contributed by atoms with Crippen LogP contribution in [0.4, 0.5) is 27.5 Å². The van der Waals surface area contributed by atoms with Crippen LogP contribution in [-0.2, 0) is 4.74 Å². The molecule has 1 aliphatic rings. The number of hydrogen-bond donors (Lipinski definition) is 3. The van der Waals surface area contributed by atoms with Gasteiger partial charge >= 0.3 is 6.09 Å². The third-order valence-corrected chi connectivity index (χ3v) is 7.85. The normalized spacial score (nSPS) is 13.2. The van der Waals surface area contributed by atoms with E-state index < -0.39 is 5.60 Å². The molecule has 1 heterocycles. The van der Waals surface area contributed by atoms with Gasteiger partial charge in [-0.2, -0.15) is 0 Å². The van der Waals surface area contributed by atoms with Crippen LogP contribution in [0.1, 0.15) is 52.6 Å². The Bertz CT molecular complexity index is 1750. The lowest BCUT2D eigenvalue weighted by Crippen LogP contribution is -2.50. The molecule has 0 aromatic heterocycles. The van der Waals surface area contributed by atoms with Gasteiger partial charge in [0.15, 0.2) is 0 Å². The number of piperazine rings is 1. The first kappa shape index (κ1) is 32.1. The standard InChI is InChI=1S/C37H41N5O4/c1-24-10-12-26(13-11-24)34(43)40-33-23-28(41-18-20-42(21-19-41)36(45)46-37(3,4)5)15-17-30(33)29-16-14-27(22-25(29)2)35(44)39-32-9-7-6-8-31(32)38/h6-17,22-23H,18-21,38H2,1-5H3,(H,39,44)(H,40,43). The molecule has 0 bridgehead atoms. The number of carbonyl (C=O) groups is 3. The highest BCUT2D eigenvalue weighted by molar-refractivity contribution is 6.08. The van der Waals surface area contributed by atoms with Crippen molar-refractivity contribution < 1.29 is 19.1 Å². The topological polar surface area (TPSA) is 117 Å². The lowest BCUT2D eigenvalue weighted by molar-refractivity contribution is 0.0240. The van der Waals surface area contributed by atoms with Crippen LogP contribution in [0.15, 0.2) is 84.9 Å². The molecule has 0 aliphatic carbocycles. The van der Waals surface area contributed by atoms with Gasteiger partial charge in [0.25, 0.3) is 11.8 Å². The molecule has 0 spiro atoms. The Morgan fingerprint density at radius 1 is 0.717 bits per heavy atom. The van der Waals surface area contributed by atoms with Crippen molar-refractivity contribution >= 4 is 40.7 Å². The zero-order valence-corrected chi connectivity index (χ0v) is 27.0. The Morgan fingerprint density at radius 2 is 1.33 bits per heavy atom. The van der Waals surface area contributed by atoms with Crippen LogP contribution < -0.4 is 21.3 Å². The molecule has 4 N–H and O–H groups in total. The monoisotopic (exact) mass is 619 g/mol. The second-order valence-electron chi connectivity index (χ2n) is 12.6. The number of amides is 3. The first-order valence-corrected chi connectivity index (χ1v) is 15.4. The lowest BCUT2D eigenvalue weighted by atomic mass is 9.96. The summed E-state index contributed by atoms with van der Waals surface area (Å²) in [6.45, 7) is 11.8. The average Bonchev–Trinajstić information content (AvgIpc) is 3.02. The zero-order chi connectivity index (χ0) is 33.0. The molecule has 1 saturated heterocycles. The maximum Gasteiger partial charge on any atom is 0.410 e. The van der Waals surface area contributed by atoms with E-state index in [9.17, 15) is 14.4 Å². The molecule has 0 radical (unpaired) electrons. The third-order valence-electron chi connectivity index (χ3n) is 7.85. The summed E-state index contributed by atoms with van der Waals surface area (Å²) in [4.78, 5) is 43.0. The number of nitrogens with zero attached hydrogens (tertiary/aromatic N) is 2. The summed E-state index contributed by atoms with van der Waals surface area (Å²) in [5.74, 6) is -0.483. The molecule has 1 aliphatic heterocycles. The summed E-state index contributed by atoms with van der Waals surface area (Å²) in [5.41, 5.74) is 12.8. The fraction of sp³-hybridized carbons (Fsp3) is 0.270. The smallest absolute Gasteiger partial charge is 0.410 e. The van der Waals surface area contributed by atoms with E-state index in [-0.39, 0.29) is 17.9 Å². The molecule has 3 amide bonds. The minimum absolute atomic E-state index is 0.220. The van der Waals surface area contributed by atoms with Gasteiger partial charge in [0.05, 0.1) is 17.1 Å². The summed E-state index contributed by atoms with van der Waals surface area (Å²) < 4.78 is 5.55. The van der Waals surface area contributed by atoms with Crippen molar-refractivity contribution in [2.75, 3.05) is 47.4 Å². The summed E-state index contributed by atoms with van der Waals surface area (Å²) in [7, 11) is 0. The quantitative estimate of drug-likeness (QED) is 0.198. The number of nitrogens with one attached hydrogen (secondary N) is 2. The van der Waals surface area contributed by atoms with Gasteiger partial charge in [0, 0.05) is 48.6 Å². The minimum Gasteiger partial charge on any atom is -0.444 e. The van der Waals surface area contributed by atoms with Crippen LogP contribution in [-0.4, -0.2) is 54.6 Å². The van der Waals surface area contributed by atoms with Crippen molar-refractivity contribution in [2.24, 2.45) is 0 Å². The summed E-state index contributed by atoms with van der Waals surface area (Å²) in [5, 5.41) is 6.02. The molecular formula is C37H41N5O4. The van der Waals surface area contributed by atoms with Crippen molar-refractivity contribution in [3.05, 3.63) is 107 Å². The van der Waals surface area contributed by atoms with E-state index in [1.165, 1.54) is 0 Å². The second kappa shape index (κ2) is 13.4. The van der Waals surface area contributed by atoms with Crippen molar-refractivity contribution in [3.63, 3.8) is 0 Å². The predicted octanol–water partition coefficient (Wildman–Crippen LogP) is 7.11. The fourth-order valence-corrected chi connectivity index (χ4v) is 5.35. The highest BCUT2D eigenvalue weighted by Gasteiger charge is 2.26. The van der Waals surface area contributed by atoms with Gasteiger partial charge < -0.3 is 30.9 Å². The minimum atomic E-state index is -0.551. The Hall–Kier alpha value is -5.31. The van der Waals surface area contributed by atoms with Crippen LogP contribution in [0.5, 0.6) is 0 Å². The van der Waals surface area contributed by atoms with Gasteiger partial charge in [-0.3, -0.25) is 9.59 Å². The first-order chi connectivity index (χ1) is 21.9. The summed E-state index contributed by atoms with van der Waals surface area (Å²) in [6, 6.07) is 26.1. The van der Waals surface area contributed by atoms with E-state index in [2.05, 4.69) is 15.5 Å². The van der Waals surface area contributed by atoms with Crippen molar-refractivity contribution in [2.45, 2.75) is 40.2 Å². The SMILES string of the molecule is Cc1ccc(C(=O)Nc2cc(N3CCN(C(=O)OC(C)(C)C)CC3)ccc2-c2ccc(C(=O)Nc3ccccc3N)cc2C)cc1. The molecule has 9 heteroatoms. The third kappa shape index (κ3) is 7.66. The van der Waals surface area contributed by atoms with Crippen LogP contribution >= 0.6 is 0 Å². The zero-order valence-electron chi connectivity index (χ0n) is 27.0. The van der Waals surface area contributed by atoms with Crippen LogP contribution in [0, 0.1) is 13.8 Å². The maximum absolute atomic E-state index is 13.4. The number of benzene rings is 4. The number of hydrogen-bond acceptors (Lipinski definition) is 6. The molecule has 4 aromatic rings. The summed E-state index contributed by atoms with van der Waals surface area (Å²) in [6.07, 6.45) is -0.312. The molecule has 0 unspecified atom stereocenters. The van der Waals surface area contributed by atoms with E-state index >= 15 is 0 Å². The van der Waals surface area contributed by atoms with Gasteiger partial charge in [0.2, 0.25) is 0 Å². The summed E-state index contributed by atoms with van der Waals surface area (Å²) >= 11 is 0. The Morgan fingerprint density at radius 3 is 1.98 bits per heavy atom. The molecule has 0 atom stereocenters. The number of nitrogens with two attached hydrogens (primary N) is 1. The number of rotatable bonds is 6. The van der Waals surface area contributed by atoms with Crippen molar-refractivity contribution in [1.82, 2.24) is 4.90 Å². The highest BCUT2D eigenvalue weighted by atomic mass is 16.6. The Kier molecular flexibility index (Phi) is 9.32. The number of ether oxygens (including phenoxy) is 1. The van der Waals surface area contributed by atoms with Crippen molar-refractivity contribution in [3.8, 4) is 11.1 Å². The lowest BCUT2D eigenvalue weighted by Gasteiger charge is -2.37. The van der Waals surface area contributed by atoms with Crippen LogP contribution in [0.25, 0.3) is 11.1 Å². The Balaban J connectivity index is 1.41. The van der Waals surface area contributed by atoms with E-state index in [1.54, 1.807) is 23.1 Å². The largest absolute Gasteiger partial charge is 0.444 e. The maximum atomic E-state index is 13.4. The van der Waals surface area contributed by atoms with Gasteiger partial charge in [-0.1, -0.05) is 42.0 Å². The number of nitrogen functional groups attached to an aromatic ring is 1. The molecule has 1 fully saturated rings. The van der Waals surface area contributed by atoms with Gasteiger partial charge in [-0.05, 0) is 94.3 Å². The van der Waals surface area contributed by atoms with E-state index in [4.69, 9.17) is 10.5 Å². The van der Waals surface area contributed by atoms with E-state index in [0.717, 1.165) is 27.9 Å².